The monoisotopic (exact) mass is 338 g/mol. The summed E-state index contributed by atoms with van der Waals surface area (Å²) in [7, 11) is -3.25. The topological polar surface area (TPSA) is 75.3 Å². The molecule has 2 aromatic carbocycles. The van der Waals surface area contributed by atoms with Gasteiger partial charge in [0, 0.05) is 22.7 Å². The molecule has 7 heteroatoms. The average molecular weight is 339 g/mol. The number of rotatable bonds is 3. The normalized spacial score (nSPS) is 11.0. The molecule has 0 spiro atoms. The summed E-state index contributed by atoms with van der Waals surface area (Å²) in [4.78, 5) is 12.1. The van der Waals surface area contributed by atoms with E-state index in [1.807, 2.05) is 6.92 Å². The number of sulfone groups is 1. The summed E-state index contributed by atoms with van der Waals surface area (Å²) < 4.78 is 22.7. The predicted molar refractivity (Wildman–Crippen MR) is 88.4 cm³/mol. The number of hydrogen-bond donors (Lipinski definition) is 2. The maximum absolute atomic E-state index is 11.9. The molecule has 2 amide bonds. The molecule has 0 bridgehead atoms. The van der Waals surface area contributed by atoms with Crippen LogP contribution in [0.25, 0.3) is 0 Å². The van der Waals surface area contributed by atoms with Crippen LogP contribution in [0, 0.1) is 6.92 Å². The molecule has 2 N–H and O–H groups in total. The minimum atomic E-state index is -3.25. The number of hydrogen-bond acceptors (Lipinski definition) is 3. The summed E-state index contributed by atoms with van der Waals surface area (Å²) in [6.07, 6.45) is 1.13. The highest BCUT2D eigenvalue weighted by Gasteiger charge is 2.08. The Morgan fingerprint density at radius 1 is 1.00 bits per heavy atom. The van der Waals surface area contributed by atoms with Crippen LogP contribution in [0.1, 0.15) is 5.56 Å². The van der Waals surface area contributed by atoms with Gasteiger partial charge in [0.1, 0.15) is 0 Å². The van der Waals surface area contributed by atoms with Crippen molar-refractivity contribution in [3.05, 3.63) is 53.1 Å². The largest absolute Gasteiger partial charge is 0.323 e. The molecule has 5 nitrogen and oxygen atoms in total. The summed E-state index contributed by atoms with van der Waals surface area (Å²) in [5.41, 5.74) is 1.98. The summed E-state index contributed by atoms with van der Waals surface area (Å²) in [5, 5.41) is 5.83. The first-order valence-corrected chi connectivity index (χ1v) is 8.67. The van der Waals surface area contributed by atoms with Gasteiger partial charge in [-0.2, -0.15) is 0 Å². The fourth-order valence-electron chi connectivity index (χ4n) is 1.75. The Balaban J connectivity index is 2.04. The molecule has 0 heterocycles. The lowest BCUT2D eigenvalue weighted by Crippen LogP contribution is -2.19. The van der Waals surface area contributed by atoms with Crippen molar-refractivity contribution in [3.8, 4) is 0 Å². The second kappa shape index (κ2) is 6.37. The third-order valence-corrected chi connectivity index (χ3v) is 4.51. The van der Waals surface area contributed by atoms with Crippen LogP contribution >= 0.6 is 11.6 Å². The second-order valence-corrected chi connectivity index (χ2v) is 7.26. The minimum Gasteiger partial charge on any atom is -0.308 e. The molecule has 2 aromatic rings. The zero-order chi connectivity index (χ0) is 16.3. The zero-order valence-corrected chi connectivity index (χ0v) is 13.6. The van der Waals surface area contributed by atoms with Crippen LogP contribution in [0.3, 0.4) is 0 Å². The van der Waals surface area contributed by atoms with Gasteiger partial charge in [-0.3, -0.25) is 0 Å². The molecule has 0 saturated carbocycles. The van der Waals surface area contributed by atoms with Crippen LogP contribution in [-0.2, 0) is 9.84 Å². The van der Waals surface area contributed by atoms with E-state index in [9.17, 15) is 13.2 Å². The van der Waals surface area contributed by atoms with Crippen molar-refractivity contribution >= 4 is 38.8 Å². The summed E-state index contributed by atoms with van der Waals surface area (Å²) in [6.45, 7) is 1.87. The number of aryl methyl sites for hydroxylation is 1. The third-order valence-electron chi connectivity index (χ3n) is 2.97. The molecular weight excluding hydrogens is 324 g/mol. The quantitative estimate of drug-likeness (QED) is 0.896. The van der Waals surface area contributed by atoms with Crippen LogP contribution in [0.15, 0.2) is 47.4 Å². The van der Waals surface area contributed by atoms with Crippen molar-refractivity contribution in [3.63, 3.8) is 0 Å². The van der Waals surface area contributed by atoms with E-state index in [1.54, 1.807) is 18.2 Å². The molecule has 0 radical (unpaired) electrons. The van der Waals surface area contributed by atoms with Gasteiger partial charge >= 0.3 is 6.03 Å². The Morgan fingerprint density at radius 2 is 1.55 bits per heavy atom. The highest BCUT2D eigenvalue weighted by molar-refractivity contribution is 7.90. The molecular formula is C15H15ClN2O3S. The van der Waals surface area contributed by atoms with Crippen LogP contribution in [0.5, 0.6) is 0 Å². The van der Waals surface area contributed by atoms with E-state index >= 15 is 0 Å². The van der Waals surface area contributed by atoms with Gasteiger partial charge in [0.25, 0.3) is 0 Å². The molecule has 0 atom stereocenters. The van der Waals surface area contributed by atoms with E-state index in [1.165, 1.54) is 24.3 Å². The van der Waals surface area contributed by atoms with Crippen LogP contribution in [-0.4, -0.2) is 20.7 Å². The van der Waals surface area contributed by atoms with Crippen LogP contribution in [0.4, 0.5) is 16.2 Å². The molecule has 0 aromatic heterocycles. The molecule has 0 fully saturated rings. The van der Waals surface area contributed by atoms with Crippen molar-refractivity contribution in [1.82, 2.24) is 0 Å². The Labute approximate surface area is 134 Å². The Hall–Kier alpha value is -2.05. The molecule has 0 aliphatic heterocycles. The van der Waals surface area contributed by atoms with Gasteiger partial charge in [-0.1, -0.05) is 17.7 Å². The molecule has 0 unspecified atom stereocenters. The smallest absolute Gasteiger partial charge is 0.308 e. The number of anilines is 2. The Morgan fingerprint density at radius 3 is 2.09 bits per heavy atom. The highest BCUT2D eigenvalue weighted by atomic mass is 35.5. The molecule has 0 aliphatic carbocycles. The van der Waals surface area contributed by atoms with Crippen molar-refractivity contribution < 1.29 is 13.2 Å². The van der Waals surface area contributed by atoms with Gasteiger partial charge in [-0.15, -0.1) is 0 Å². The van der Waals surface area contributed by atoms with Crippen molar-refractivity contribution in [1.29, 1.82) is 0 Å². The Kier molecular flexibility index (Phi) is 4.73. The lowest BCUT2D eigenvalue weighted by atomic mass is 10.2. The van der Waals surface area contributed by atoms with Crippen molar-refractivity contribution in [2.75, 3.05) is 16.9 Å². The maximum Gasteiger partial charge on any atom is 0.323 e. The van der Waals surface area contributed by atoms with Gasteiger partial charge in [0.05, 0.1) is 4.90 Å². The molecule has 0 saturated heterocycles. The van der Waals surface area contributed by atoms with E-state index in [4.69, 9.17) is 11.6 Å². The lowest BCUT2D eigenvalue weighted by Gasteiger charge is -2.09. The molecule has 22 heavy (non-hydrogen) atoms. The highest BCUT2D eigenvalue weighted by Crippen LogP contribution is 2.20. The van der Waals surface area contributed by atoms with E-state index in [2.05, 4.69) is 10.6 Å². The second-order valence-electron chi connectivity index (χ2n) is 4.84. The fraction of sp³-hybridized carbons (Fsp3) is 0.133. The van der Waals surface area contributed by atoms with E-state index < -0.39 is 15.9 Å². The number of halogens is 1. The van der Waals surface area contributed by atoms with Crippen LogP contribution < -0.4 is 10.6 Å². The number of carbonyl (C=O) groups excluding carboxylic acids is 1. The number of amides is 2. The summed E-state index contributed by atoms with van der Waals surface area (Å²) in [6, 6.07) is 10.7. The number of nitrogens with one attached hydrogen (secondary N) is 2. The maximum atomic E-state index is 11.9. The standard InChI is InChI=1S/C15H15ClN2O3S/c1-10-3-4-12(9-14(10)16)18-15(19)17-11-5-7-13(8-6-11)22(2,20)21/h3-9H,1-2H3,(H2,17,18,19). The number of benzene rings is 2. The molecule has 2 rings (SSSR count). The summed E-state index contributed by atoms with van der Waals surface area (Å²) in [5.74, 6) is 0. The SMILES string of the molecule is Cc1ccc(NC(=O)Nc2ccc(S(C)(=O)=O)cc2)cc1Cl. The molecule has 116 valence electrons. The number of carbonyl (C=O) groups is 1. The van der Waals surface area contributed by atoms with E-state index in [0.29, 0.717) is 16.4 Å². The van der Waals surface area contributed by atoms with Gasteiger partial charge in [0.2, 0.25) is 0 Å². The van der Waals surface area contributed by atoms with Gasteiger partial charge in [0.15, 0.2) is 9.84 Å². The van der Waals surface area contributed by atoms with Gasteiger partial charge in [-0.25, -0.2) is 13.2 Å². The van der Waals surface area contributed by atoms with E-state index in [0.717, 1.165) is 11.8 Å². The first kappa shape index (κ1) is 16.3. The fourth-order valence-corrected chi connectivity index (χ4v) is 2.56. The number of urea groups is 1. The van der Waals surface area contributed by atoms with Gasteiger partial charge < -0.3 is 10.6 Å². The van der Waals surface area contributed by atoms with Crippen molar-refractivity contribution in [2.45, 2.75) is 11.8 Å². The Bertz CT molecular complexity index is 802. The van der Waals surface area contributed by atoms with Crippen LogP contribution in [0.2, 0.25) is 5.02 Å². The zero-order valence-electron chi connectivity index (χ0n) is 12.1. The third kappa shape index (κ3) is 4.22. The first-order chi connectivity index (χ1) is 10.3. The lowest BCUT2D eigenvalue weighted by molar-refractivity contribution is 0.262. The molecule has 0 aliphatic rings. The van der Waals surface area contributed by atoms with Crippen molar-refractivity contribution in [2.24, 2.45) is 0 Å². The van der Waals surface area contributed by atoms with Gasteiger partial charge in [-0.05, 0) is 48.9 Å². The first-order valence-electron chi connectivity index (χ1n) is 6.40. The summed E-state index contributed by atoms with van der Waals surface area (Å²) >= 11 is 5.99. The minimum absolute atomic E-state index is 0.198. The average Bonchev–Trinajstić information content (AvgIpc) is 2.42. The van der Waals surface area contributed by atoms with E-state index in [-0.39, 0.29) is 4.90 Å². The predicted octanol–water partition coefficient (Wildman–Crippen LogP) is 3.70.